The molecule has 0 fully saturated rings. The van der Waals surface area contributed by atoms with Gasteiger partial charge >= 0.3 is 0 Å². The predicted octanol–water partition coefficient (Wildman–Crippen LogP) is 6.20. The Morgan fingerprint density at radius 3 is 2.58 bits per heavy atom. The second-order valence-corrected chi connectivity index (χ2v) is 9.27. The zero-order valence-corrected chi connectivity index (χ0v) is 19.7. The van der Waals surface area contributed by atoms with Crippen LogP contribution in [0.15, 0.2) is 70.8 Å². The number of amides is 1. The normalized spacial score (nSPS) is 10.8. The van der Waals surface area contributed by atoms with Crippen molar-refractivity contribution in [2.24, 2.45) is 0 Å². The first-order valence-corrected chi connectivity index (χ1v) is 11.5. The molecule has 31 heavy (non-hydrogen) atoms. The van der Waals surface area contributed by atoms with Crippen LogP contribution in [0.5, 0.6) is 5.75 Å². The van der Waals surface area contributed by atoms with Gasteiger partial charge in [0.2, 0.25) is 0 Å². The number of ether oxygens (including phenoxy) is 1. The van der Waals surface area contributed by atoms with Gasteiger partial charge in [-0.25, -0.2) is 0 Å². The highest BCUT2D eigenvalue weighted by molar-refractivity contribution is 9.10. The van der Waals surface area contributed by atoms with Crippen molar-refractivity contribution in [2.45, 2.75) is 27.0 Å². The van der Waals surface area contributed by atoms with Gasteiger partial charge in [-0.2, -0.15) is 5.10 Å². The molecule has 2 aromatic heterocycles. The molecular weight excluding hydrogens is 474 g/mol. The number of thiophene rings is 1. The van der Waals surface area contributed by atoms with Gasteiger partial charge in [0.1, 0.15) is 12.4 Å². The molecule has 4 aromatic rings. The Bertz CT molecular complexity index is 1180. The largest absolute Gasteiger partial charge is 0.489 e. The van der Waals surface area contributed by atoms with Crippen LogP contribution < -0.4 is 10.1 Å². The first-order chi connectivity index (χ1) is 14.9. The predicted molar refractivity (Wildman–Crippen MR) is 128 cm³/mol. The number of aromatic nitrogens is 2. The van der Waals surface area contributed by atoms with Crippen molar-refractivity contribution < 1.29 is 9.53 Å². The van der Waals surface area contributed by atoms with E-state index in [9.17, 15) is 4.79 Å². The molecular formula is C24H22BrN3O2S. The molecule has 0 atom stereocenters. The molecule has 0 unspecified atom stereocenters. The number of anilines is 1. The molecule has 0 radical (unpaired) electrons. The molecule has 0 aliphatic rings. The fourth-order valence-corrected chi connectivity index (χ4v) is 4.29. The van der Waals surface area contributed by atoms with E-state index in [4.69, 9.17) is 4.74 Å². The lowest BCUT2D eigenvalue weighted by Crippen LogP contribution is -2.09. The van der Waals surface area contributed by atoms with Crippen LogP contribution in [0.4, 0.5) is 5.69 Å². The highest BCUT2D eigenvalue weighted by Crippen LogP contribution is 2.21. The lowest BCUT2D eigenvalue weighted by atomic mass is 10.1. The Hall–Kier alpha value is -2.90. The van der Waals surface area contributed by atoms with Crippen molar-refractivity contribution in [1.82, 2.24) is 9.78 Å². The summed E-state index contributed by atoms with van der Waals surface area (Å²) in [5, 5.41) is 9.20. The SMILES string of the molecule is Cc1cc(C)cc(OCc2csc(C(=O)Nc3cnn(Cc4ccc(Br)cc4)c3)c2)c1. The summed E-state index contributed by atoms with van der Waals surface area (Å²) < 4.78 is 8.73. The maximum absolute atomic E-state index is 12.6. The van der Waals surface area contributed by atoms with E-state index in [0.717, 1.165) is 21.3 Å². The summed E-state index contributed by atoms with van der Waals surface area (Å²) in [7, 11) is 0. The van der Waals surface area contributed by atoms with Crippen molar-refractivity contribution in [1.29, 1.82) is 0 Å². The van der Waals surface area contributed by atoms with Gasteiger partial charge in [0.15, 0.2) is 0 Å². The van der Waals surface area contributed by atoms with Gasteiger partial charge in [-0.05, 0) is 66.2 Å². The molecule has 158 valence electrons. The molecule has 7 heteroatoms. The highest BCUT2D eigenvalue weighted by Gasteiger charge is 2.11. The first-order valence-electron chi connectivity index (χ1n) is 9.81. The van der Waals surface area contributed by atoms with E-state index in [1.165, 1.54) is 22.5 Å². The number of carbonyl (C=O) groups is 1. The summed E-state index contributed by atoms with van der Waals surface area (Å²) in [4.78, 5) is 13.3. The third-order valence-corrected chi connectivity index (χ3v) is 6.13. The number of carbonyl (C=O) groups excluding carboxylic acids is 1. The van der Waals surface area contributed by atoms with Gasteiger partial charge in [0.25, 0.3) is 5.91 Å². The number of nitrogens with zero attached hydrogens (tertiary/aromatic N) is 2. The molecule has 2 aromatic carbocycles. The van der Waals surface area contributed by atoms with Crippen LogP contribution in [0.3, 0.4) is 0 Å². The number of halogens is 1. The van der Waals surface area contributed by atoms with Crippen molar-refractivity contribution in [3.8, 4) is 5.75 Å². The summed E-state index contributed by atoms with van der Waals surface area (Å²) in [5.41, 5.74) is 5.11. The molecule has 0 bridgehead atoms. The maximum Gasteiger partial charge on any atom is 0.265 e. The molecule has 2 heterocycles. The fraction of sp³-hybridized carbons (Fsp3) is 0.167. The van der Waals surface area contributed by atoms with E-state index >= 15 is 0 Å². The Morgan fingerprint density at radius 1 is 1.10 bits per heavy atom. The second kappa shape index (κ2) is 9.49. The third-order valence-electron chi connectivity index (χ3n) is 4.63. The summed E-state index contributed by atoms with van der Waals surface area (Å²) in [6.07, 6.45) is 3.49. The number of aryl methyl sites for hydroxylation is 2. The van der Waals surface area contributed by atoms with Crippen molar-refractivity contribution in [3.63, 3.8) is 0 Å². The van der Waals surface area contributed by atoms with Crippen LogP contribution in [-0.4, -0.2) is 15.7 Å². The number of benzene rings is 2. The van der Waals surface area contributed by atoms with Crippen molar-refractivity contribution in [3.05, 3.63) is 97.9 Å². The molecule has 1 N–H and O–H groups in total. The molecule has 0 saturated carbocycles. The lowest BCUT2D eigenvalue weighted by Gasteiger charge is -2.07. The van der Waals surface area contributed by atoms with Crippen LogP contribution in [-0.2, 0) is 13.2 Å². The lowest BCUT2D eigenvalue weighted by molar-refractivity contribution is 0.103. The topological polar surface area (TPSA) is 56.1 Å². The zero-order valence-electron chi connectivity index (χ0n) is 17.3. The summed E-state index contributed by atoms with van der Waals surface area (Å²) >= 11 is 4.84. The van der Waals surface area contributed by atoms with Crippen LogP contribution >= 0.6 is 27.3 Å². The Balaban J connectivity index is 1.33. The van der Waals surface area contributed by atoms with Gasteiger partial charge in [-0.15, -0.1) is 11.3 Å². The summed E-state index contributed by atoms with van der Waals surface area (Å²) in [6, 6.07) is 16.1. The van der Waals surface area contributed by atoms with E-state index < -0.39 is 0 Å². The highest BCUT2D eigenvalue weighted by atomic mass is 79.9. The van der Waals surface area contributed by atoms with E-state index in [1.807, 2.05) is 67.9 Å². The van der Waals surface area contributed by atoms with E-state index in [2.05, 4.69) is 32.4 Å². The smallest absolute Gasteiger partial charge is 0.265 e. The molecule has 1 amide bonds. The van der Waals surface area contributed by atoms with E-state index in [0.29, 0.717) is 23.7 Å². The van der Waals surface area contributed by atoms with E-state index in [1.54, 1.807) is 10.9 Å². The zero-order chi connectivity index (χ0) is 21.8. The van der Waals surface area contributed by atoms with Crippen LogP contribution in [0, 0.1) is 13.8 Å². The first kappa shape index (κ1) is 21.3. The standard InChI is InChI=1S/C24H22BrN3O2S/c1-16-7-17(2)9-22(8-16)30-14-19-10-23(31-15-19)24(29)27-21-11-26-28(13-21)12-18-3-5-20(25)6-4-18/h3-11,13,15H,12,14H2,1-2H3,(H,27,29). The minimum Gasteiger partial charge on any atom is -0.489 e. The molecule has 4 rings (SSSR count). The fourth-order valence-electron chi connectivity index (χ4n) is 3.24. The summed E-state index contributed by atoms with van der Waals surface area (Å²) in [6.45, 7) is 5.17. The van der Waals surface area contributed by atoms with Gasteiger partial charge in [0.05, 0.1) is 23.3 Å². The third kappa shape index (κ3) is 5.83. The second-order valence-electron chi connectivity index (χ2n) is 7.44. The Morgan fingerprint density at radius 2 is 1.84 bits per heavy atom. The van der Waals surface area contributed by atoms with Crippen molar-refractivity contribution in [2.75, 3.05) is 5.32 Å². The minimum absolute atomic E-state index is 0.147. The van der Waals surface area contributed by atoms with Crippen molar-refractivity contribution >= 4 is 38.9 Å². The van der Waals surface area contributed by atoms with Gasteiger partial charge in [-0.3, -0.25) is 9.48 Å². The molecule has 0 spiro atoms. The number of hydrogen-bond donors (Lipinski definition) is 1. The van der Waals surface area contributed by atoms with Gasteiger partial charge < -0.3 is 10.1 Å². The number of nitrogens with one attached hydrogen (secondary N) is 1. The monoisotopic (exact) mass is 495 g/mol. The van der Waals surface area contributed by atoms with Crippen LogP contribution in [0.1, 0.15) is 31.9 Å². The quantitative estimate of drug-likeness (QED) is 0.331. The Kier molecular flexibility index (Phi) is 6.53. The van der Waals surface area contributed by atoms with Crippen LogP contribution in [0.2, 0.25) is 0 Å². The number of hydrogen-bond acceptors (Lipinski definition) is 4. The molecule has 0 aliphatic heterocycles. The molecule has 5 nitrogen and oxygen atoms in total. The average molecular weight is 496 g/mol. The maximum atomic E-state index is 12.6. The number of rotatable bonds is 7. The average Bonchev–Trinajstić information content (AvgIpc) is 3.37. The molecule has 0 saturated heterocycles. The molecule has 0 aliphatic carbocycles. The summed E-state index contributed by atoms with van der Waals surface area (Å²) in [5.74, 6) is 0.693. The van der Waals surface area contributed by atoms with E-state index in [-0.39, 0.29) is 5.91 Å². The minimum atomic E-state index is -0.147. The van der Waals surface area contributed by atoms with Gasteiger partial charge in [0, 0.05) is 16.2 Å². The Labute approximate surface area is 193 Å². The van der Waals surface area contributed by atoms with Gasteiger partial charge in [-0.1, -0.05) is 34.1 Å². The van der Waals surface area contributed by atoms with Crippen LogP contribution in [0.25, 0.3) is 0 Å².